The molecule has 0 unspecified atom stereocenters. The van der Waals surface area contributed by atoms with Crippen molar-refractivity contribution in [1.82, 2.24) is 15.2 Å². The molecule has 0 aliphatic heterocycles. The lowest BCUT2D eigenvalue weighted by Crippen LogP contribution is -2.13. The minimum Gasteiger partial charge on any atom is -0.305 e. The highest BCUT2D eigenvalue weighted by molar-refractivity contribution is 9.10. The second-order valence-corrected chi connectivity index (χ2v) is 3.98. The molecule has 0 aromatic carbocycles. The molecule has 0 fully saturated rings. The van der Waals surface area contributed by atoms with Gasteiger partial charge in [-0.05, 0) is 35.0 Å². The van der Waals surface area contributed by atoms with Gasteiger partial charge in [0.1, 0.15) is 4.60 Å². The standard InChI is InChI=1S/C10H9BrN4O/c1-6-5-8(15-14-6)13-10(16)7-3-2-4-12-9(7)11/h2-5H,1H3,(H2,13,14,15,16). The fraction of sp³-hybridized carbons (Fsp3) is 0.100. The smallest absolute Gasteiger partial charge is 0.259 e. The summed E-state index contributed by atoms with van der Waals surface area (Å²) in [4.78, 5) is 15.8. The van der Waals surface area contributed by atoms with Crippen LogP contribution in [0.3, 0.4) is 0 Å². The molecular formula is C10H9BrN4O. The van der Waals surface area contributed by atoms with Gasteiger partial charge in [0.15, 0.2) is 5.82 Å². The van der Waals surface area contributed by atoms with Gasteiger partial charge in [0.25, 0.3) is 5.91 Å². The fourth-order valence-corrected chi connectivity index (χ4v) is 1.65. The number of aromatic amines is 1. The molecule has 82 valence electrons. The van der Waals surface area contributed by atoms with Gasteiger partial charge in [0.05, 0.1) is 5.56 Å². The molecule has 2 N–H and O–H groups in total. The molecule has 0 aliphatic carbocycles. The number of nitrogens with one attached hydrogen (secondary N) is 2. The molecule has 0 spiro atoms. The zero-order valence-electron chi connectivity index (χ0n) is 8.49. The summed E-state index contributed by atoms with van der Waals surface area (Å²) >= 11 is 3.22. The van der Waals surface area contributed by atoms with Crippen molar-refractivity contribution in [2.24, 2.45) is 0 Å². The largest absolute Gasteiger partial charge is 0.305 e. The quantitative estimate of drug-likeness (QED) is 0.828. The van der Waals surface area contributed by atoms with E-state index >= 15 is 0 Å². The average Bonchev–Trinajstić information content (AvgIpc) is 2.64. The second-order valence-electron chi connectivity index (χ2n) is 3.23. The number of amides is 1. The molecule has 1 amide bonds. The Bertz CT molecular complexity index is 523. The van der Waals surface area contributed by atoms with E-state index in [1.807, 2.05) is 6.92 Å². The van der Waals surface area contributed by atoms with Crippen molar-refractivity contribution in [1.29, 1.82) is 0 Å². The number of hydrogen-bond donors (Lipinski definition) is 2. The second kappa shape index (κ2) is 4.44. The summed E-state index contributed by atoms with van der Waals surface area (Å²) in [5, 5.41) is 9.33. The summed E-state index contributed by atoms with van der Waals surface area (Å²) in [6, 6.07) is 5.14. The summed E-state index contributed by atoms with van der Waals surface area (Å²) in [6.45, 7) is 1.86. The van der Waals surface area contributed by atoms with Gasteiger partial charge in [-0.3, -0.25) is 9.89 Å². The summed E-state index contributed by atoms with van der Waals surface area (Å²) in [6.07, 6.45) is 1.61. The zero-order valence-corrected chi connectivity index (χ0v) is 10.1. The molecule has 16 heavy (non-hydrogen) atoms. The number of carbonyl (C=O) groups is 1. The van der Waals surface area contributed by atoms with E-state index in [9.17, 15) is 4.79 Å². The lowest BCUT2D eigenvalue weighted by molar-refractivity contribution is 0.102. The summed E-state index contributed by atoms with van der Waals surface area (Å²) in [5.74, 6) is 0.254. The number of aryl methyl sites for hydroxylation is 1. The maximum absolute atomic E-state index is 11.8. The highest BCUT2D eigenvalue weighted by atomic mass is 79.9. The van der Waals surface area contributed by atoms with E-state index in [0.29, 0.717) is 16.0 Å². The molecule has 0 saturated heterocycles. The first kappa shape index (κ1) is 10.8. The number of aromatic nitrogens is 3. The average molecular weight is 281 g/mol. The van der Waals surface area contributed by atoms with Crippen molar-refractivity contribution >= 4 is 27.7 Å². The molecular weight excluding hydrogens is 272 g/mol. The van der Waals surface area contributed by atoms with Gasteiger partial charge in [-0.25, -0.2) is 4.98 Å². The van der Waals surface area contributed by atoms with Crippen LogP contribution in [0.2, 0.25) is 0 Å². The summed E-state index contributed by atoms with van der Waals surface area (Å²) in [5.41, 5.74) is 1.36. The van der Waals surface area contributed by atoms with Crippen LogP contribution in [0.15, 0.2) is 29.0 Å². The number of anilines is 1. The lowest BCUT2D eigenvalue weighted by atomic mass is 10.3. The first-order valence-corrected chi connectivity index (χ1v) is 5.40. The van der Waals surface area contributed by atoms with Gasteiger partial charge in [0.2, 0.25) is 0 Å². The van der Waals surface area contributed by atoms with E-state index in [-0.39, 0.29) is 5.91 Å². The van der Waals surface area contributed by atoms with Gasteiger partial charge < -0.3 is 5.32 Å². The maximum atomic E-state index is 11.8. The molecule has 2 rings (SSSR count). The van der Waals surface area contributed by atoms with E-state index in [1.165, 1.54) is 0 Å². The van der Waals surface area contributed by atoms with Gasteiger partial charge >= 0.3 is 0 Å². The van der Waals surface area contributed by atoms with E-state index in [0.717, 1.165) is 5.69 Å². The number of hydrogen-bond acceptors (Lipinski definition) is 3. The van der Waals surface area contributed by atoms with Crippen LogP contribution in [0, 0.1) is 6.92 Å². The Hall–Kier alpha value is -1.69. The van der Waals surface area contributed by atoms with Gasteiger partial charge in [-0.15, -0.1) is 0 Å². The molecule has 2 aromatic rings. The van der Waals surface area contributed by atoms with Crippen LogP contribution < -0.4 is 5.32 Å². The van der Waals surface area contributed by atoms with Crippen molar-refractivity contribution in [3.63, 3.8) is 0 Å². The number of nitrogens with zero attached hydrogens (tertiary/aromatic N) is 2. The first-order chi connectivity index (χ1) is 7.66. The summed E-state index contributed by atoms with van der Waals surface area (Å²) in [7, 11) is 0. The van der Waals surface area contributed by atoms with E-state index in [1.54, 1.807) is 24.4 Å². The van der Waals surface area contributed by atoms with Crippen molar-refractivity contribution < 1.29 is 4.79 Å². The number of halogens is 1. The van der Waals surface area contributed by atoms with Crippen LogP contribution in [0.4, 0.5) is 5.82 Å². The normalized spacial score (nSPS) is 10.1. The highest BCUT2D eigenvalue weighted by Gasteiger charge is 2.11. The van der Waals surface area contributed by atoms with Gasteiger partial charge in [-0.1, -0.05) is 0 Å². The molecule has 0 radical (unpaired) electrons. The van der Waals surface area contributed by atoms with E-state index in [4.69, 9.17) is 0 Å². The van der Waals surface area contributed by atoms with Crippen molar-refractivity contribution in [2.45, 2.75) is 6.92 Å². The molecule has 2 aromatic heterocycles. The van der Waals surface area contributed by atoms with Crippen LogP contribution in [-0.4, -0.2) is 21.1 Å². The number of carbonyl (C=O) groups excluding carboxylic acids is 1. The van der Waals surface area contributed by atoms with Crippen LogP contribution in [0.25, 0.3) is 0 Å². The summed E-state index contributed by atoms with van der Waals surface area (Å²) < 4.78 is 0.514. The van der Waals surface area contributed by atoms with Crippen LogP contribution in [0.1, 0.15) is 16.1 Å². The predicted octanol–water partition coefficient (Wildman–Crippen LogP) is 2.13. The predicted molar refractivity (Wildman–Crippen MR) is 63.2 cm³/mol. The molecule has 5 nitrogen and oxygen atoms in total. The highest BCUT2D eigenvalue weighted by Crippen LogP contribution is 2.14. The lowest BCUT2D eigenvalue weighted by Gasteiger charge is -2.02. The topological polar surface area (TPSA) is 70.7 Å². The Labute approximate surface area is 100 Å². The third-order valence-corrected chi connectivity index (χ3v) is 2.58. The molecule has 6 heteroatoms. The van der Waals surface area contributed by atoms with Crippen molar-refractivity contribution in [3.8, 4) is 0 Å². The van der Waals surface area contributed by atoms with Gasteiger partial charge in [-0.2, -0.15) is 5.10 Å². The van der Waals surface area contributed by atoms with Crippen molar-refractivity contribution in [2.75, 3.05) is 5.32 Å². The van der Waals surface area contributed by atoms with E-state index < -0.39 is 0 Å². The molecule has 2 heterocycles. The zero-order chi connectivity index (χ0) is 11.5. The fourth-order valence-electron chi connectivity index (χ4n) is 1.22. The van der Waals surface area contributed by atoms with Crippen molar-refractivity contribution in [3.05, 3.63) is 40.3 Å². The Morgan fingerprint density at radius 3 is 3.00 bits per heavy atom. The SMILES string of the molecule is Cc1cc(NC(=O)c2cccnc2Br)n[nH]1. The van der Waals surface area contributed by atoms with Crippen LogP contribution in [-0.2, 0) is 0 Å². The molecule has 0 saturated carbocycles. The number of rotatable bonds is 2. The Morgan fingerprint density at radius 2 is 2.38 bits per heavy atom. The third kappa shape index (κ3) is 2.27. The van der Waals surface area contributed by atoms with E-state index in [2.05, 4.69) is 36.4 Å². The molecule has 0 aliphatic rings. The minimum atomic E-state index is -0.244. The number of H-pyrrole nitrogens is 1. The minimum absolute atomic E-state index is 0.244. The first-order valence-electron chi connectivity index (χ1n) is 4.60. The monoisotopic (exact) mass is 280 g/mol. The Morgan fingerprint density at radius 1 is 1.56 bits per heavy atom. The Balaban J connectivity index is 2.18. The Kier molecular flexibility index (Phi) is 3.00. The van der Waals surface area contributed by atoms with Gasteiger partial charge in [0, 0.05) is 18.0 Å². The molecule has 0 bridgehead atoms. The third-order valence-electron chi connectivity index (χ3n) is 1.95. The van der Waals surface area contributed by atoms with Crippen LogP contribution in [0.5, 0.6) is 0 Å². The molecule has 0 atom stereocenters. The maximum Gasteiger partial charge on any atom is 0.259 e. The van der Waals surface area contributed by atoms with Crippen LogP contribution >= 0.6 is 15.9 Å². The number of pyridine rings is 1.